The molecule has 1 atom stereocenters. The summed E-state index contributed by atoms with van der Waals surface area (Å²) in [6.07, 6.45) is 8.09. The molecule has 2 aliphatic rings. The number of amides is 2. The first-order valence-corrected chi connectivity index (χ1v) is 9.32. The second-order valence-corrected chi connectivity index (χ2v) is 7.24. The van der Waals surface area contributed by atoms with E-state index in [1.54, 1.807) is 4.90 Å². The predicted molar refractivity (Wildman–Crippen MR) is 94.2 cm³/mol. The topological polar surface area (TPSA) is 49.4 Å². The van der Waals surface area contributed by atoms with Gasteiger partial charge in [-0.25, -0.2) is 0 Å². The maximum Gasteiger partial charge on any atom is 0.225 e. The molecule has 4 nitrogen and oxygen atoms in total. The van der Waals surface area contributed by atoms with Gasteiger partial charge in [0.05, 0.1) is 5.92 Å². The minimum atomic E-state index is -0.187. The second kappa shape index (κ2) is 8.32. The highest BCUT2D eigenvalue weighted by Crippen LogP contribution is 2.26. The Morgan fingerprint density at radius 3 is 2.62 bits per heavy atom. The first kappa shape index (κ1) is 17.0. The van der Waals surface area contributed by atoms with E-state index in [0.29, 0.717) is 19.5 Å². The van der Waals surface area contributed by atoms with Gasteiger partial charge in [-0.2, -0.15) is 0 Å². The van der Waals surface area contributed by atoms with Crippen molar-refractivity contribution in [3.05, 3.63) is 35.9 Å². The normalized spacial score (nSPS) is 21.9. The standard InChI is InChI=1S/C20H28N2O2/c23-19-13-18(15-22(19)14-17-9-5-2-6-10-17)20(24)21-12-11-16-7-3-1-4-8-16/h2,5-6,9-10,16,18H,1,3-4,7-8,11-15H2,(H,21,24). The number of carbonyl (C=O) groups excluding carboxylic acids is 2. The zero-order valence-electron chi connectivity index (χ0n) is 14.4. The lowest BCUT2D eigenvalue weighted by atomic mass is 9.87. The molecule has 1 heterocycles. The van der Waals surface area contributed by atoms with Crippen molar-refractivity contribution in [2.75, 3.05) is 13.1 Å². The molecule has 1 unspecified atom stereocenters. The first-order chi connectivity index (χ1) is 11.7. The third-order valence-corrected chi connectivity index (χ3v) is 5.38. The van der Waals surface area contributed by atoms with Crippen LogP contribution in [0.25, 0.3) is 0 Å². The van der Waals surface area contributed by atoms with Gasteiger partial charge in [0, 0.05) is 26.1 Å². The van der Waals surface area contributed by atoms with Crippen LogP contribution in [-0.2, 0) is 16.1 Å². The SMILES string of the molecule is O=C(NCCC1CCCCC1)C1CC(=O)N(Cc2ccccc2)C1. The van der Waals surface area contributed by atoms with E-state index in [2.05, 4.69) is 5.32 Å². The maximum absolute atomic E-state index is 12.3. The Morgan fingerprint density at radius 2 is 1.88 bits per heavy atom. The number of nitrogens with zero attached hydrogens (tertiary/aromatic N) is 1. The Balaban J connectivity index is 1.42. The molecule has 0 spiro atoms. The van der Waals surface area contributed by atoms with Crippen LogP contribution in [0.2, 0.25) is 0 Å². The highest BCUT2D eigenvalue weighted by Gasteiger charge is 2.34. The van der Waals surface area contributed by atoms with Crippen molar-refractivity contribution in [2.24, 2.45) is 11.8 Å². The van der Waals surface area contributed by atoms with Crippen LogP contribution in [0.3, 0.4) is 0 Å². The molecule has 2 amide bonds. The molecule has 0 bridgehead atoms. The largest absolute Gasteiger partial charge is 0.356 e. The number of likely N-dealkylation sites (tertiary alicyclic amines) is 1. The zero-order chi connectivity index (χ0) is 16.8. The third-order valence-electron chi connectivity index (χ3n) is 5.38. The van der Waals surface area contributed by atoms with E-state index >= 15 is 0 Å². The van der Waals surface area contributed by atoms with E-state index in [9.17, 15) is 9.59 Å². The molecule has 0 aromatic heterocycles. The van der Waals surface area contributed by atoms with Crippen molar-refractivity contribution >= 4 is 11.8 Å². The van der Waals surface area contributed by atoms with Gasteiger partial charge < -0.3 is 10.2 Å². The van der Waals surface area contributed by atoms with Crippen LogP contribution in [-0.4, -0.2) is 29.8 Å². The Hall–Kier alpha value is -1.84. The number of hydrogen-bond donors (Lipinski definition) is 1. The number of rotatable bonds is 6. The Morgan fingerprint density at radius 1 is 1.12 bits per heavy atom. The monoisotopic (exact) mass is 328 g/mol. The number of benzene rings is 1. The van der Waals surface area contributed by atoms with Crippen LogP contribution in [0.4, 0.5) is 0 Å². The summed E-state index contributed by atoms with van der Waals surface area (Å²) in [7, 11) is 0. The fraction of sp³-hybridized carbons (Fsp3) is 0.600. The predicted octanol–water partition coefficient (Wildman–Crippen LogP) is 3.12. The van der Waals surface area contributed by atoms with Crippen molar-refractivity contribution in [1.29, 1.82) is 0 Å². The van der Waals surface area contributed by atoms with Crippen molar-refractivity contribution in [3.63, 3.8) is 0 Å². The zero-order valence-corrected chi connectivity index (χ0v) is 14.4. The van der Waals surface area contributed by atoms with Gasteiger partial charge in [-0.15, -0.1) is 0 Å². The summed E-state index contributed by atoms with van der Waals surface area (Å²) in [6.45, 7) is 1.90. The molecule has 0 radical (unpaired) electrons. The molecule has 1 aliphatic carbocycles. The number of hydrogen-bond acceptors (Lipinski definition) is 2. The van der Waals surface area contributed by atoms with Crippen LogP contribution >= 0.6 is 0 Å². The van der Waals surface area contributed by atoms with Crippen LogP contribution in [0.15, 0.2) is 30.3 Å². The van der Waals surface area contributed by atoms with Crippen LogP contribution in [0.5, 0.6) is 0 Å². The second-order valence-electron chi connectivity index (χ2n) is 7.24. The van der Waals surface area contributed by atoms with Gasteiger partial charge in [-0.05, 0) is 17.9 Å². The van der Waals surface area contributed by atoms with E-state index in [1.807, 2.05) is 30.3 Å². The molecule has 2 fully saturated rings. The molecule has 130 valence electrons. The van der Waals surface area contributed by atoms with Crippen LogP contribution in [0.1, 0.15) is 50.5 Å². The van der Waals surface area contributed by atoms with Crippen LogP contribution in [0, 0.1) is 11.8 Å². The van der Waals surface area contributed by atoms with E-state index in [4.69, 9.17) is 0 Å². The summed E-state index contributed by atoms with van der Waals surface area (Å²) in [4.78, 5) is 26.3. The van der Waals surface area contributed by atoms with Crippen molar-refractivity contribution < 1.29 is 9.59 Å². The van der Waals surface area contributed by atoms with E-state index < -0.39 is 0 Å². The quantitative estimate of drug-likeness (QED) is 0.872. The van der Waals surface area contributed by atoms with E-state index in [1.165, 1.54) is 32.1 Å². The Labute approximate surface area is 144 Å². The molecule has 24 heavy (non-hydrogen) atoms. The molecular formula is C20H28N2O2. The summed E-state index contributed by atoms with van der Waals surface area (Å²) >= 11 is 0. The molecule has 1 aromatic rings. The molecule has 1 saturated heterocycles. The maximum atomic E-state index is 12.3. The van der Waals surface area contributed by atoms with Crippen molar-refractivity contribution in [2.45, 2.75) is 51.5 Å². The summed E-state index contributed by atoms with van der Waals surface area (Å²) < 4.78 is 0. The van der Waals surface area contributed by atoms with Gasteiger partial charge in [0.2, 0.25) is 11.8 Å². The average molecular weight is 328 g/mol. The van der Waals surface area contributed by atoms with Crippen molar-refractivity contribution in [1.82, 2.24) is 10.2 Å². The van der Waals surface area contributed by atoms with Gasteiger partial charge in [0.1, 0.15) is 0 Å². The molecule has 1 aromatic carbocycles. The van der Waals surface area contributed by atoms with Gasteiger partial charge in [-0.1, -0.05) is 62.4 Å². The van der Waals surface area contributed by atoms with Gasteiger partial charge in [0.25, 0.3) is 0 Å². The fourth-order valence-corrected chi connectivity index (χ4v) is 3.92. The summed E-state index contributed by atoms with van der Waals surface area (Å²) in [5.74, 6) is 0.729. The summed E-state index contributed by atoms with van der Waals surface area (Å²) in [6, 6.07) is 9.96. The lowest BCUT2D eigenvalue weighted by Gasteiger charge is -2.22. The highest BCUT2D eigenvalue weighted by molar-refractivity contribution is 5.89. The lowest BCUT2D eigenvalue weighted by Crippen LogP contribution is -2.34. The first-order valence-electron chi connectivity index (χ1n) is 9.32. The minimum absolute atomic E-state index is 0.0507. The minimum Gasteiger partial charge on any atom is -0.356 e. The third kappa shape index (κ3) is 4.59. The number of nitrogens with one attached hydrogen (secondary N) is 1. The van der Waals surface area contributed by atoms with Gasteiger partial charge in [0.15, 0.2) is 0 Å². The molecule has 3 rings (SSSR count). The number of carbonyl (C=O) groups is 2. The van der Waals surface area contributed by atoms with Gasteiger partial charge in [-0.3, -0.25) is 9.59 Å². The highest BCUT2D eigenvalue weighted by atomic mass is 16.2. The Kier molecular flexibility index (Phi) is 5.89. The smallest absolute Gasteiger partial charge is 0.225 e. The van der Waals surface area contributed by atoms with E-state index in [-0.39, 0.29) is 17.7 Å². The Bertz CT molecular complexity index is 552. The van der Waals surface area contributed by atoms with Crippen LogP contribution < -0.4 is 5.32 Å². The average Bonchev–Trinajstić information content (AvgIpc) is 2.97. The lowest BCUT2D eigenvalue weighted by molar-refractivity contribution is -0.129. The summed E-state index contributed by atoms with van der Waals surface area (Å²) in [5, 5.41) is 3.06. The molecule has 1 saturated carbocycles. The molecule has 1 aliphatic heterocycles. The fourth-order valence-electron chi connectivity index (χ4n) is 3.92. The molecule has 4 heteroatoms. The van der Waals surface area contributed by atoms with Gasteiger partial charge >= 0.3 is 0 Å². The van der Waals surface area contributed by atoms with E-state index in [0.717, 1.165) is 24.4 Å². The molecular weight excluding hydrogens is 300 g/mol. The summed E-state index contributed by atoms with van der Waals surface area (Å²) in [5.41, 5.74) is 1.12. The molecule has 1 N–H and O–H groups in total. The van der Waals surface area contributed by atoms with Crippen molar-refractivity contribution in [3.8, 4) is 0 Å².